The Kier molecular flexibility index (Phi) is 6.22. The van der Waals surface area contributed by atoms with Gasteiger partial charge in [-0.25, -0.2) is 0 Å². The van der Waals surface area contributed by atoms with Gasteiger partial charge in [0, 0.05) is 5.92 Å². The lowest BCUT2D eigenvalue weighted by molar-refractivity contribution is 0.732. The second-order valence-electron chi connectivity index (χ2n) is 4.64. The quantitative estimate of drug-likeness (QED) is 0.591. The van der Waals surface area contributed by atoms with Gasteiger partial charge in [-0.05, 0) is 30.4 Å². The third-order valence-electron chi connectivity index (χ3n) is 3.18. The van der Waals surface area contributed by atoms with Crippen molar-refractivity contribution in [2.45, 2.75) is 59.3 Å². The molecule has 0 fully saturated rings. The third-order valence-corrected chi connectivity index (χ3v) is 3.18. The molecule has 1 aromatic rings. The molecule has 0 nitrogen and oxygen atoms in total. The summed E-state index contributed by atoms with van der Waals surface area (Å²) in [6.45, 7) is 6.81. The molecule has 0 saturated heterocycles. The maximum atomic E-state index is 2.29. The van der Waals surface area contributed by atoms with Crippen molar-refractivity contribution in [3.8, 4) is 0 Å². The van der Waals surface area contributed by atoms with E-state index in [-0.39, 0.29) is 0 Å². The predicted molar refractivity (Wildman–Crippen MR) is 72.6 cm³/mol. The van der Waals surface area contributed by atoms with E-state index in [9.17, 15) is 0 Å². The number of hydrogen-bond acceptors (Lipinski definition) is 0. The van der Waals surface area contributed by atoms with Gasteiger partial charge in [-0.3, -0.25) is 0 Å². The van der Waals surface area contributed by atoms with E-state index in [1.807, 2.05) is 0 Å². The largest absolute Gasteiger partial charge is 0.0654 e. The van der Waals surface area contributed by atoms with Crippen molar-refractivity contribution >= 4 is 0 Å². The molecule has 0 heterocycles. The Morgan fingerprint density at radius 2 is 1.69 bits per heavy atom. The third kappa shape index (κ3) is 4.00. The van der Waals surface area contributed by atoms with E-state index in [4.69, 9.17) is 0 Å². The number of benzene rings is 1. The van der Waals surface area contributed by atoms with Crippen molar-refractivity contribution in [1.82, 2.24) is 0 Å². The summed E-state index contributed by atoms with van der Waals surface area (Å²) in [6, 6.07) is 8.91. The average Bonchev–Trinajstić information content (AvgIpc) is 2.33. The first-order valence-electron chi connectivity index (χ1n) is 6.70. The zero-order chi connectivity index (χ0) is 11.8. The molecule has 0 aliphatic heterocycles. The monoisotopic (exact) mass is 217 g/mol. The molecule has 0 aliphatic rings. The van der Waals surface area contributed by atoms with Crippen LogP contribution in [0.25, 0.3) is 0 Å². The van der Waals surface area contributed by atoms with E-state index in [0.29, 0.717) is 0 Å². The second-order valence-corrected chi connectivity index (χ2v) is 4.64. The van der Waals surface area contributed by atoms with Crippen molar-refractivity contribution < 1.29 is 0 Å². The lowest BCUT2D eigenvalue weighted by atomic mass is 9.90. The molecular weight excluding hydrogens is 192 g/mol. The highest BCUT2D eigenvalue weighted by Crippen LogP contribution is 2.24. The van der Waals surface area contributed by atoms with Gasteiger partial charge in [-0.1, -0.05) is 64.3 Å². The molecule has 89 valence electrons. The van der Waals surface area contributed by atoms with Crippen LogP contribution in [0.4, 0.5) is 0 Å². The summed E-state index contributed by atoms with van der Waals surface area (Å²) >= 11 is 0. The highest BCUT2D eigenvalue weighted by Gasteiger charge is 2.09. The topological polar surface area (TPSA) is 0 Å². The van der Waals surface area contributed by atoms with Gasteiger partial charge in [0.1, 0.15) is 0 Å². The van der Waals surface area contributed by atoms with Crippen molar-refractivity contribution in [2.75, 3.05) is 0 Å². The van der Waals surface area contributed by atoms with Crippen LogP contribution in [-0.2, 0) is 6.42 Å². The molecule has 0 unspecified atom stereocenters. The highest BCUT2D eigenvalue weighted by atomic mass is 14.1. The SMILES string of the molecule is CCCC[C](C)c1ccccc1CCCC. The first kappa shape index (κ1) is 13.3. The Bertz CT molecular complexity index is 288. The van der Waals surface area contributed by atoms with Crippen LogP contribution in [0.1, 0.15) is 64.0 Å². The zero-order valence-electron chi connectivity index (χ0n) is 11.1. The molecule has 0 heteroatoms. The van der Waals surface area contributed by atoms with Crippen molar-refractivity contribution in [3.05, 3.63) is 41.3 Å². The van der Waals surface area contributed by atoms with Gasteiger partial charge < -0.3 is 0 Å². The fourth-order valence-electron chi connectivity index (χ4n) is 2.10. The molecule has 0 amide bonds. The number of aryl methyl sites for hydroxylation is 1. The maximum Gasteiger partial charge on any atom is 0.00217 e. The molecule has 0 N–H and O–H groups in total. The molecule has 0 aliphatic carbocycles. The highest BCUT2D eigenvalue weighted by molar-refractivity contribution is 5.37. The van der Waals surface area contributed by atoms with Gasteiger partial charge in [0.25, 0.3) is 0 Å². The molecule has 0 spiro atoms. The van der Waals surface area contributed by atoms with Gasteiger partial charge in [0.05, 0.1) is 0 Å². The van der Waals surface area contributed by atoms with E-state index in [1.165, 1.54) is 49.7 Å². The van der Waals surface area contributed by atoms with Gasteiger partial charge in [-0.2, -0.15) is 0 Å². The van der Waals surface area contributed by atoms with Crippen LogP contribution >= 0.6 is 0 Å². The van der Waals surface area contributed by atoms with Crippen LogP contribution in [0.2, 0.25) is 0 Å². The molecule has 1 aromatic carbocycles. The maximum absolute atomic E-state index is 2.29. The normalized spacial score (nSPS) is 11.0. The standard InChI is InChI=1S/C16H25/c1-4-6-10-14(3)16-13-9-8-12-15(16)11-7-5-2/h8-9,12-13H,4-7,10-11H2,1-3H3. The van der Waals surface area contributed by atoms with Crippen LogP contribution in [0.3, 0.4) is 0 Å². The van der Waals surface area contributed by atoms with Gasteiger partial charge in [-0.15, -0.1) is 0 Å². The molecule has 16 heavy (non-hydrogen) atoms. The molecule has 0 saturated carbocycles. The molecular formula is C16H25. The minimum Gasteiger partial charge on any atom is -0.0654 e. The number of unbranched alkanes of at least 4 members (excludes halogenated alkanes) is 2. The lowest BCUT2D eigenvalue weighted by Crippen LogP contribution is -2.00. The van der Waals surface area contributed by atoms with Crippen LogP contribution < -0.4 is 0 Å². The van der Waals surface area contributed by atoms with Gasteiger partial charge >= 0.3 is 0 Å². The molecule has 1 radical (unpaired) electrons. The van der Waals surface area contributed by atoms with Crippen molar-refractivity contribution in [1.29, 1.82) is 0 Å². The number of hydrogen-bond donors (Lipinski definition) is 0. The molecule has 0 bridgehead atoms. The minimum absolute atomic E-state index is 1.23. The van der Waals surface area contributed by atoms with Crippen molar-refractivity contribution in [3.63, 3.8) is 0 Å². The smallest absolute Gasteiger partial charge is 0.00217 e. The van der Waals surface area contributed by atoms with Crippen LogP contribution in [-0.4, -0.2) is 0 Å². The number of rotatable bonds is 7. The van der Waals surface area contributed by atoms with E-state index >= 15 is 0 Å². The van der Waals surface area contributed by atoms with Gasteiger partial charge in [0.2, 0.25) is 0 Å². The average molecular weight is 217 g/mol. The summed E-state index contributed by atoms with van der Waals surface area (Å²) in [5.74, 6) is 1.56. The fourth-order valence-corrected chi connectivity index (χ4v) is 2.10. The molecule has 1 rings (SSSR count). The van der Waals surface area contributed by atoms with E-state index < -0.39 is 0 Å². The summed E-state index contributed by atoms with van der Waals surface area (Å²) in [4.78, 5) is 0. The summed E-state index contributed by atoms with van der Waals surface area (Å²) < 4.78 is 0. The first-order chi connectivity index (χ1) is 7.79. The van der Waals surface area contributed by atoms with E-state index in [2.05, 4.69) is 45.0 Å². The zero-order valence-corrected chi connectivity index (χ0v) is 11.1. The minimum atomic E-state index is 1.23. The van der Waals surface area contributed by atoms with Crippen LogP contribution in [0.15, 0.2) is 24.3 Å². The molecule has 0 atom stereocenters. The first-order valence-corrected chi connectivity index (χ1v) is 6.70. The Balaban J connectivity index is 2.68. The van der Waals surface area contributed by atoms with Gasteiger partial charge in [0.15, 0.2) is 0 Å². The Hall–Kier alpha value is -0.780. The summed E-state index contributed by atoms with van der Waals surface area (Å²) in [7, 11) is 0. The second kappa shape index (κ2) is 7.49. The summed E-state index contributed by atoms with van der Waals surface area (Å²) in [6.07, 6.45) is 7.67. The Labute approximate surface area is 101 Å². The van der Waals surface area contributed by atoms with Crippen LogP contribution in [0.5, 0.6) is 0 Å². The lowest BCUT2D eigenvalue weighted by Gasteiger charge is -2.15. The van der Waals surface area contributed by atoms with E-state index in [1.54, 1.807) is 5.92 Å². The van der Waals surface area contributed by atoms with Crippen molar-refractivity contribution in [2.24, 2.45) is 0 Å². The Morgan fingerprint density at radius 3 is 2.38 bits per heavy atom. The van der Waals surface area contributed by atoms with Crippen LogP contribution in [0, 0.1) is 5.92 Å². The molecule has 0 aromatic heterocycles. The fraction of sp³-hybridized carbons (Fsp3) is 0.562. The summed E-state index contributed by atoms with van der Waals surface area (Å²) in [5.41, 5.74) is 3.04. The van der Waals surface area contributed by atoms with E-state index in [0.717, 1.165) is 0 Å². The predicted octanol–water partition coefficient (Wildman–Crippen LogP) is 5.16. The summed E-state index contributed by atoms with van der Waals surface area (Å²) in [5, 5.41) is 0. The Morgan fingerprint density at radius 1 is 1.00 bits per heavy atom.